The summed E-state index contributed by atoms with van der Waals surface area (Å²) < 4.78 is 10.7. The zero-order valence-electron chi connectivity index (χ0n) is 16.3. The zero-order valence-corrected chi connectivity index (χ0v) is 16.3. The number of aryl methyl sites for hydroxylation is 2. The SMILES string of the molecule is Cc1ccc(OCC(=O)Nc2ccc(NC(=O)NCc3ccco3)cc2)cc1C. The zero-order chi connectivity index (χ0) is 20.6. The van der Waals surface area contributed by atoms with E-state index in [1.807, 2.05) is 32.0 Å². The number of carbonyl (C=O) groups is 2. The highest BCUT2D eigenvalue weighted by atomic mass is 16.5. The van der Waals surface area contributed by atoms with Crippen molar-refractivity contribution in [1.29, 1.82) is 0 Å². The molecule has 29 heavy (non-hydrogen) atoms. The number of carbonyl (C=O) groups excluding carboxylic acids is 2. The Morgan fingerprint density at radius 2 is 1.66 bits per heavy atom. The van der Waals surface area contributed by atoms with E-state index in [1.165, 1.54) is 5.56 Å². The van der Waals surface area contributed by atoms with Crippen LogP contribution in [0.25, 0.3) is 0 Å². The molecule has 0 aliphatic rings. The number of nitrogens with one attached hydrogen (secondary N) is 3. The van der Waals surface area contributed by atoms with Crippen molar-refractivity contribution in [3.8, 4) is 5.75 Å². The lowest BCUT2D eigenvalue weighted by molar-refractivity contribution is -0.118. The molecule has 150 valence electrons. The van der Waals surface area contributed by atoms with Crippen molar-refractivity contribution < 1.29 is 18.7 Å². The lowest BCUT2D eigenvalue weighted by Gasteiger charge is -2.10. The molecular weight excluding hydrogens is 370 g/mol. The van der Waals surface area contributed by atoms with Crippen molar-refractivity contribution in [2.24, 2.45) is 0 Å². The molecule has 1 aromatic heterocycles. The van der Waals surface area contributed by atoms with Crippen LogP contribution in [-0.4, -0.2) is 18.5 Å². The van der Waals surface area contributed by atoms with Gasteiger partial charge in [-0.2, -0.15) is 0 Å². The third-order valence-electron chi connectivity index (χ3n) is 4.28. The lowest BCUT2D eigenvalue weighted by Crippen LogP contribution is -2.28. The van der Waals surface area contributed by atoms with Crippen molar-refractivity contribution in [2.75, 3.05) is 17.2 Å². The van der Waals surface area contributed by atoms with Crippen LogP contribution < -0.4 is 20.7 Å². The number of hydrogen-bond acceptors (Lipinski definition) is 4. The molecule has 0 aliphatic carbocycles. The maximum atomic E-state index is 12.1. The third kappa shape index (κ3) is 6.14. The fourth-order valence-electron chi connectivity index (χ4n) is 2.54. The molecular formula is C22H23N3O4. The van der Waals surface area contributed by atoms with Crippen LogP contribution in [0.1, 0.15) is 16.9 Å². The van der Waals surface area contributed by atoms with E-state index in [0.717, 1.165) is 5.56 Å². The monoisotopic (exact) mass is 393 g/mol. The molecule has 0 aliphatic heterocycles. The van der Waals surface area contributed by atoms with E-state index < -0.39 is 0 Å². The Labute approximate surface area is 169 Å². The molecule has 1 heterocycles. The van der Waals surface area contributed by atoms with Crippen LogP contribution in [0.15, 0.2) is 65.3 Å². The van der Waals surface area contributed by atoms with Crippen molar-refractivity contribution in [1.82, 2.24) is 5.32 Å². The van der Waals surface area contributed by atoms with Gasteiger partial charge in [-0.15, -0.1) is 0 Å². The minimum absolute atomic E-state index is 0.0856. The van der Waals surface area contributed by atoms with Crippen LogP contribution in [-0.2, 0) is 11.3 Å². The summed E-state index contributed by atoms with van der Waals surface area (Å²) in [5.41, 5.74) is 3.50. The largest absolute Gasteiger partial charge is 0.484 e. The average molecular weight is 393 g/mol. The van der Waals surface area contributed by atoms with Gasteiger partial charge in [0, 0.05) is 11.4 Å². The quantitative estimate of drug-likeness (QED) is 0.560. The summed E-state index contributed by atoms with van der Waals surface area (Å²) in [6, 6.07) is 15.7. The predicted octanol–water partition coefficient (Wildman–Crippen LogP) is 4.24. The number of urea groups is 1. The Hall–Kier alpha value is -3.74. The minimum Gasteiger partial charge on any atom is -0.484 e. The number of furan rings is 1. The number of rotatable bonds is 7. The van der Waals surface area contributed by atoms with Crippen LogP contribution in [0.5, 0.6) is 5.75 Å². The van der Waals surface area contributed by atoms with Crippen LogP contribution in [0.3, 0.4) is 0 Å². The second-order valence-corrected chi connectivity index (χ2v) is 6.55. The van der Waals surface area contributed by atoms with E-state index in [4.69, 9.17) is 9.15 Å². The van der Waals surface area contributed by atoms with E-state index in [9.17, 15) is 9.59 Å². The minimum atomic E-state index is -0.347. The van der Waals surface area contributed by atoms with Crippen molar-refractivity contribution in [3.05, 3.63) is 77.7 Å². The number of hydrogen-bond donors (Lipinski definition) is 3. The van der Waals surface area contributed by atoms with Gasteiger partial charge in [0.15, 0.2) is 6.61 Å². The number of anilines is 2. The van der Waals surface area contributed by atoms with Gasteiger partial charge in [0.25, 0.3) is 5.91 Å². The smallest absolute Gasteiger partial charge is 0.319 e. The molecule has 0 spiro atoms. The van der Waals surface area contributed by atoms with Gasteiger partial charge in [0.1, 0.15) is 11.5 Å². The standard InChI is InChI=1S/C22H23N3O4/c1-15-5-10-19(12-16(15)2)29-14-21(26)24-17-6-8-18(9-7-17)25-22(27)23-13-20-4-3-11-28-20/h3-12H,13-14H2,1-2H3,(H,24,26)(H2,23,25,27). The molecule has 7 heteroatoms. The van der Waals surface area contributed by atoms with Crippen molar-refractivity contribution in [3.63, 3.8) is 0 Å². The van der Waals surface area contributed by atoms with E-state index >= 15 is 0 Å². The van der Waals surface area contributed by atoms with E-state index in [1.54, 1.807) is 42.7 Å². The topological polar surface area (TPSA) is 92.6 Å². The van der Waals surface area contributed by atoms with Crippen molar-refractivity contribution in [2.45, 2.75) is 20.4 Å². The fourth-order valence-corrected chi connectivity index (χ4v) is 2.54. The summed E-state index contributed by atoms with van der Waals surface area (Å²) >= 11 is 0. The van der Waals surface area contributed by atoms with Crippen LogP contribution >= 0.6 is 0 Å². The highest BCUT2D eigenvalue weighted by Crippen LogP contribution is 2.17. The highest BCUT2D eigenvalue weighted by molar-refractivity contribution is 5.93. The van der Waals surface area contributed by atoms with Crippen LogP contribution in [0.4, 0.5) is 16.2 Å². The Bertz CT molecular complexity index is 966. The molecule has 0 saturated heterocycles. The predicted molar refractivity (Wildman–Crippen MR) is 111 cm³/mol. The maximum Gasteiger partial charge on any atom is 0.319 e. The molecule has 3 rings (SSSR count). The second kappa shape index (κ2) is 9.45. The molecule has 2 aromatic carbocycles. The fraction of sp³-hybridized carbons (Fsp3) is 0.182. The van der Waals surface area contributed by atoms with Gasteiger partial charge in [0.2, 0.25) is 0 Å². The first-order valence-electron chi connectivity index (χ1n) is 9.17. The molecule has 0 saturated carbocycles. The molecule has 0 atom stereocenters. The Kier molecular flexibility index (Phi) is 6.52. The summed E-state index contributed by atoms with van der Waals surface area (Å²) in [6.07, 6.45) is 1.55. The van der Waals surface area contributed by atoms with Crippen molar-refractivity contribution >= 4 is 23.3 Å². The summed E-state index contributed by atoms with van der Waals surface area (Å²) in [6.45, 7) is 4.23. The van der Waals surface area contributed by atoms with Gasteiger partial charge in [-0.05, 0) is 73.5 Å². The molecule has 7 nitrogen and oxygen atoms in total. The Balaban J connectivity index is 1.43. The van der Waals surface area contributed by atoms with Crippen LogP contribution in [0, 0.1) is 13.8 Å². The average Bonchev–Trinajstić information content (AvgIpc) is 3.22. The molecule has 3 N–H and O–H groups in total. The van der Waals surface area contributed by atoms with Gasteiger partial charge in [-0.3, -0.25) is 4.79 Å². The van der Waals surface area contributed by atoms with E-state index in [2.05, 4.69) is 16.0 Å². The summed E-state index contributed by atoms with van der Waals surface area (Å²) in [7, 11) is 0. The summed E-state index contributed by atoms with van der Waals surface area (Å²) in [5, 5.41) is 8.16. The Morgan fingerprint density at radius 1 is 0.931 bits per heavy atom. The summed E-state index contributed by atoms with van der Waals surface area (Å²) in [4.78, 5) is 24.0. The molecule has 0 bridgehead atoms. The first kappa shape index (κ1) is 20.0. The van der Waals surface area contributed by atoms with Gasteiger partial charge in [-0.25, -0.2) is 4.79 Å². The number of ether oxygens (including phenoxy) is 1. The number of benzene rings is 2. The first-order valence-corrected chi connectivity index (χ1v) is 9.17. The van der Waals surface area contributed by atoms with E-state index in [0.29, 0.717) is 29.4 Å². The normalized spacial score (nSPS) is 10.3. The maximum absolute atomic E-state index is 12.1. The first-order chi connectivity index (χ1) is 14.0. The van der Waals surface area contributed by atoms with E-state index in [-0.39, 0.29) is 18.5 Å². The van der Waals surface area contributed by atoms with Gasteiger partial charge in [-0.1, -0.05) is 6.07 Å². The molecule has 0 fully saturated rings. The molecule has 3 aromatic rings. The van der Waals surface area contributed by atoms with Crippen LogP contribution in [0.2, 0.25) is 0 Å². The molecule has 0 radical (unpaired) electrons. The third-order valence-corrected chi connectivity index (χ3v) is 4.28. The lowest BCUT2D eigenvalue weighted by atomic mass is 10.1. The molecule has 3 amide bonds. The number of amides is 3. The second-order valence-electron chi connectivity index (χ2n) is 6.55. The molecule has 0 unspecified atom stereocenters. The van der Waals surface area contributed by atoms with Gasteiger partial charge >= 0.3 is 6.03 Å². The van der Waals surface area contributed by atoms with Gasteiger partial charge < -0.3 is 25.1 Å². The summed E-state index contributed by atoms with van der Waals surface area (Å²) in [5.74, 6) is 1.06. The Morgan fingerprint density at radius 3 is 2.31 bits per heavy atom. The highest BCUT2D eigenvalue weighted by Gasteiger charge is 2.06. The van der Waals surface area contributed by atoms with Gasteiger partial charge in [0.05, 0.1) is 12.8 Å².